The molecule has 0 aliphatic carbocycles. The second-order valence-corrected chi connectivity index (χ2v) is 10.00. The van der Waals surface area contributed by atoms with Gasteiger partial charge in [-0.05, 0) is 42.4 Å². The van der Waals surface area contributed by atoms with Crippen LogP contribution in [-0.2, 0) is 4.43 Å². The Balaban J connectivity index is 2.22. The van der Waals surface area contributed by atoms with Gasteiger partial charge in [-0.1, -0.05) is 30.3 Å². The Kier molecular flexibility index (Phi) is 4.57. The average molecular weight is 252 g/mol. The van der Waals surface area contributed by atoms with Gasteiger partial charge in [0.25, 0.3) is 0 Å². The fraction of sp³-hybridized carbons (Fsp3) is 0.538. The van der Waals surface area contributed by atoms with E-state index in [2.05, 4.69) is 30.3 Å². The number of rotatable bonds is 2. The lowest BCUT2D eigenvalue weighted by molar-refractivity contribution is 0.400. The molecule has 0 spiro atoms. The van der Waals surface area contributed by atoms with Gasteiger partial charge in [-0.3, -0.25) is 0 Å². The van der Waals surface area contributed by atoms with Gasteiger partial charge in [0.1, 0.15) is 0 Å². The maximum Gasteiger partial charge on any atom is 0.223 e. The van der Waals surface area contributed by atoms with Crippen LogP contribution in [0.4, 0.5) is 0 Å². The van der Waals surface area contributed by atoms with E-state index in [0.717, 1.165) is 0 Å². The Morgan fingerprint density at radius 1 is 1.06 bits per heavy atom. The van der Waals surface area contributed by atoms with Crippen LogP contribution in [0.3, 0.4) is 0 Å². The molecule has 0 radical (unpaired) electrons. The van der Waals surface area contributed by atoms with E-state index < -0.39 is 8.32 Å². The molecule has 88 valence electrons. The van der Waals surface area contributed by atoms with Crippen molar-refractivity contribution in [2.45, 2.75) is 24.9 Å². The first-order chi connectivity index (χ1) is 7.87. The van der Waals surface area contributed by atoms with Crippen LogP contribution < -0.4 is 5.19 Å². The summed E-state index contributed by atoms with van der Waals surface area (Å²) >= 11 is 0. The van der Waals surface area contributed by atoms with Gasteiger partial charge < -0.3 is 4.43 Å². The van der Waals surface area contributed by atoms with Gasteiger partial charge in [0.05, 0.1) is 0 Å². The van der Waals surface area contributed by atoms with Gasteiger partial charge >= 0.3 is 0 Å². The highest BCUT2D eigenvalue weighted by Gasteiger charge is 2.35. The molecular weight excluding hydrogens is 231 g/mol. The molecule has 16 heavy (non-hydrogen) atoms. The van der Waals surface area contributed by atoms with Crippen LogP contribution in [0, 0.1) is 0 Å². The van der Waals surface area contributed by atoms with Crippen molar-refractivity contribution in [3.8, 4) is 0 Å². The van der Waals surface area contributed by atoms with Gasteiger partial charge in [0.2, 0.25) is 8.32 Å². The number of benzene rings is 1. The average Bonchev–Trinajstić information content (AvgIpc) is 2.31. The monoisotopic (exact) mass is 252 g/mol. The lowest BCUT2D eigenvalue weighted by atomic mass is 10.4. The smallest absolute Gasteiger partial charge is 0.223 e. The third kappa shape index (κ3) is 2.74. The van der Waals surface area contributed by atoms with Crippen LogP contribution in [0.25, 0.3) is 0 Å². The molecule has 0 N–H and O–H groups in total. The first-order valence-corrected chi connectivity index (χ1v) is 9.92. The normalized spacial score (nSPS) is 28.6. The predicted octanol–water partition coefficient (Wildman–Crippen LogP) is 2.96. The molecule has 1 aromatic carbocycles. The molecule has 1 aliphatic heterocycles. The first kappa shape index (κ1) is 12.3. The molecule has 1 saturated heterocycles. The summed E-state index contributed by atoms with van der Waals surface area (Å²) < 4.78 is 6.04. The van der Waals surface area contributed by atoms with Gasteiger partial charge in [-0.25, -0.2) is 0 Å². The standard InChI is InChI=1S/C13H21OPSi/c1-14-16(13-7-3-2-4-8-13)11-5-9-15-10-6-12-16/h2-4,7-8,15H,5-6,9-12H2,1H3. The molecule has 0 unspecified atom stereocenters. The quantitative estimate of drug-likeness (QED) is 0.581. The van der Waals surface area contributed by atoms with Crippen LogP contribution in [0.15, 0.2) is 30.3 Å². The van der Waals surface area contributed by atoms with E-state index in [4.69, 9.17) is 4.43 Å². The number of hydrogen-bond donors (Lipinski definition) is 0. The molecular formula is C13H21OPSi. The second kappa shape index (κ2) is 5.95. The van der Waals surface area contributed by atoms with Crippen molar-refractivity contribution in [2.24, 2.45) is 0 Å². The van der Waals surface area contributed by atoms with Crippen LogP contribution >= 0.6 is 8.58 Å². The van der Waals surface area contributed by atoms with Gasteiger partial charge in [0.15, 0.2) is 0 Å². The molecule has 0 amide bonds. The third-order valence-electron chi connectivity index (χ3n) is 3.56. The van der Waals surface area contributed by atoms with Gasteiger partial charge in [-0.2, -0.15) is 0 Å². The summed E-state index contributed by atoms with van der Waals surface area (Å²) in [6.07, 6.45) is 5.58. The van der Waals surface area contributed by atoms with Gasteiger partial charge in [-0.15, -0.1) is 8.58 Å². The van der Waals surface area contributed by atoms with Crippen molar-refractivity contribution in [1.82, 2.24) is 0 Å². The van der Waals surface area contributed by atoms with Crippen molar-refractivity contribution in [1.29, 1.82) is 0 Å². The lowest BCUT2D eigenvalue weighted by Gasteiger charge is -2.32. The lowest BCUT2D eigenvalue weighted by Crippen LogP contribution is -2.50. The van der Waals surface area contributed by atoms with E-state index in [0.29, 0.717) is 0 Å². The molecule has 1 nitrogen and oxygen atoms in total. The topological polar surface area (TPSA) is 9.23 Å². The van der Waals surface area contributed by atoms with E-state index >= 15 is 0 Å². The minimum Gasteiger partial charge on any atom is -0.415 e. The van der Waals surface area contributed by atoms with E-state index in [9.17, 15) is 0 Å². The second-order valence-electron chi connectivity index (χ2n) is 4.52. The van der Waals surface area contributed by atoms with E-state index in [-0.39, 0.29) is 0 Å². The zero-order valence-corrected chi connectivity index (χ0v) is 12.0. The summed E-state index contributed by atoms with van der Waals surface area (Å²) in [6.45, 7) is 0. The predicted molar refractivity (Wildman–Crippen MR) is 75.7 cm³/mol. The molecule has 1 aromatic rings. The van der Waals surface area contributed by atoms with E-state index in [1.165, 1.54) is 51.0 Å². The molecule has 1 fully saturated rings. The zero-order chi connectivity index (χ0) is 11.3. The summed E-state index contributed by atoms with van der Waals surface area (Å²) in [7, 11) is 1.51. The largest absolute Gasteiger partial charge is 0.415 e. The molecule has 2 rings (SSSR count). The van der Waals surface area contributed by atoms with Crippen LogP contribution in [0.2, 0.25) is 12.1 Å². The fourth-order valence-corrected chi connectivity index (χ4v) is 8.18. The SMILES string of the molecule is CO[Si]1(c2ccccc2)CCCPCCC1. The third-order valence-corrected chi connectivity index (χ3v) is 9.46. The molecule has 0 saturated carbocycles. The van der Waals surface area contributed by atoms with Gasteiger partial charge in [0, 0.05) is 7.11 Å². The molecule has 1 aliphatic rings. The van der Waals surface area contributed by atoms with Crippen molar-refractivity contribution < 1.29 is 4.43 Å². The molecule has 3 heteroatoms. The zero-order valence-electron chi connectivity index (χ0n) is 10.0. The summed E-state index contributed by atoms with van der Waals surface area (Å²) in [5, 5.41) is 1.50. The van der Waals surface area contributed by atoms with E-state index in [1.54, 1.807) is 0 Å². The minimum atomic E-state index is -1.61. The highest BCUT2D eigenvalue weighted by Crippen LogP contribution is 2.28. The summed E-state index contributed by atoms with van der Waals surface area (Å²) in [4.78, 5) is 0. The van der Waals surface area contributed by atoms with Crippen LogP contribution in [-0.4, -0.2) is 27.8 Å². The first-order valence-electron chi connectivity index (χ1n) is 6.19. The molecule has 1 heterocycles. The van der Waals surface area contributed by atoms with Crippen molar-refractivity contribution in [3.05, 3.63) is 30.3 Å². The maximum atomic E-state index is 6.04. The number of hydrogen-bond acceptors (Lipinski definition) is 1. The van der Waals surface area contributed by atoms with Crippen molar-refractivity contribution in [2.75, 3.05) is 19.4 Å². The molecule has 0 bridgehead atoms. The molecule has 0 atom stereocenters. The Hall–Kier alpha value is -0.173. The summed E-state index contributed by atoms with van der Waals surface area (Å²) in [6, 6.07) is 13.6. The Morgan fingerprint density at radius 2 is 1.69 bits per heavy atom. The Labute approximate surface area is 102 Å². The van der Waals surface area contributed by atoms with E-state index in [1.807, 2.05) is 7.11 Å². The van der Waals surface area contributed by atoms with Crippen molar-refractivity contribution >= 4 is 22.1 Å². The van der Waals surface area contributed by atoms with Crippen LogP contribution in [0.1, 0.15) is 12.8 Å². The minimum absolute atomic E-state index is 1.19. The summed E-state index contributed by atoms with van der Waals surface area (Å²) in [5.74, 6) is 0. The Morgan fingerprint density at radius 3 is 2.25 bits per heavy atom. The highest BCUT2D eigenvalue weighted by molar-refractivity contribution is 7.38. The maximum absolute atomic E-state index is 6.04. The fourth-order valence-electron chi connectivity index (χ4n) is 2.60. The van der Waals surface area contributed by atoms with Crippen LogP contribution in [0.5, 0.6) is 0 Å². The Bertz CT molecular complexity index is 307. The highest BCUT2D eigenvalue weighted by atomic mass is 31.1. The summed E-state index contributed by atoms with van der Waals surface area (Å²) in [5.41, 5.74) is 0. The molecule has 0 aromatic heterocycles. The van der Waals surface area contributed by atoms with Crippen molar-refractivity contribution in [3.63, 3.8) is 0 Å².